The van der Waals surface area contributed by atoms with Crippen molar-refractivity contribution in [1.29, 1.82) is 0 Å². The summed E-state index contributed by atoms with van der Waals surface area (Å²) in [6.45, 7) is 3.66. The molecule has 0 bridgehead atoms. The zero-order valence-electron chi connectivity index (χ0n) is 11.8. The van der Waals surface area contributed by atoms with Crippen LogP contribution in [0.25, 0.3) is 0 Å². The molecule has 1 atom stereocenters. The largest absolute Gasteiger partial charge is 0.481 e. The molecule has 0 aromatic heterocycles. The van der Waals surface area contributed by atoms with Crippen molar-refractivity contribution in [2.45, 2.75) is 26.3 Å². The number of carboxylic acids is 1. The van der Waals surface area contributed by atoms with Crippen LogP contribution in [0.2, 0.25) is 0 Å². The lowest BCUT2D eigenvalue weighted by atomic mass is 9.97. The van der Waals surface area contributed by atoms with Crippen LogP contribution in [0.4, 0.5) is 5.69 Å². The minimum atomic E-state index is -0.759. The van der Waals surface area contributed by atoms with Gasteiger partial charge in [-0.15, -0.1) is 12.4 Å². The summed E-state index contributed by atoms with van der Waals surface area (Å²) >= 11 is 0. The lowest BCUT2D eigenvalue weighted by Crippen LogP contribution is -2.38. The summed E-state index contributed by atoms with van der Waals surface area (Å²) in [4.78, 5) is 23.7. The van der Waals surface area contributed by atoms with Crippen molar-refractivity contribution in [3.63, 3.8) is 0 Å². The van der Waals surface area contributed by atoms with Crippen LogP contribution in [0.5, 0.6) is 0 Å². The SMILES string of the molecule is Cc1c(CN2CCCC(C(=O)O)C2)cccc1[N+](=O)[O-].Cl. The number of likely N-dealkylation sites (tertiary alicyclic amines) is 1. The van der Waals surface area contributed by atoms with E-state index in [2.05, 4.69) is 4.90 Å². The summed E-state index contributed by atoms with van der Waals surface area (Å²) in [7, 11) is 0. The molecule has 6 nitrogen and oxygen atoms in total. The van der Waals surface area contributed by atoms with Crippen LogP contribution < -0.4 is 0 Å². The highest BCUT2D eigenvalue weighted by Gasteiger charge is 2.26. The maximum atomic E-state index is 11.0. The predicted molar refractivity (Wildman–Crippen MR) is 80.7 cm³/mol. The third-order valence-electron chi connectivity index (χ3n) is 3.86. The Hall–Kier alpha value is -1.66. The number of nitrogens with zero attached hydrogens (tertiary/aromatic N) is 2. The maximum absolute atomic E-state index is 11.0. The Labute approximate surface area is 129 Å². The van der Waals surface area contributed by atoms with Gasteiger partial charge in [0.1, 0.15) is 0 Å². The molecule has 1 unspecified atom stereocenters. The Balaban J connectivity index is 0.00000220. The molecular formula is C14H19ClN2O4. The highest BCUT2D eigenvalue weighted by atomic mass is 35.5. The average Bonchev–Trinajstić information content (AvgIpc) is 2.41. The quantitative estimate of drug-likeness (QED) is 0.682. The van der Waals surface area contributed by atoms with Gasteiger partial charge in [0.15, 0.2) is 0 Å². The van der Waals surface area contributed by atoms with Crippen molar-refractivity contribution in [3.8, 4) is 0 Å². The molecule has 7 heteroatoms. The van der Waals surface area contributed by atoms with E-state index in [1.54, 1.807) is 13.0 Å². The highest BCUT2D eigenvalue weighted by Crippen LogP contribution is 2.24. The number of nitro groups is 1. The predicted octanol–water partition coefficient (Wildman–Crippen LogP) is 2.62. The van der Waals surface area contributed by atoms with Gasteiger partial charge in [0, 0.05) is 24.7 Å². The van der Waals surface area contributed by atoms with E-state index in [1.165, 1.54) is 6.07 Å². The highest BCUT2D eigenvalue weighted by molar-refractivity contribution is 5.85. The Morgan fingerprint density at radius 3 is 2.86 bits per heavy atom. The van der Waals surface area contributed by atoms with E-state index in [9.17, 15) is 14.9 Å². The Kier molecular flexibility index (Phi) is 6.11. The monoisotopic (exact) mass is 314 g/mol. The Bertz CT molecular complexity index is 536. The van der Waals surface area contributed by atoms with Crippen LogP contribution in [0.15, 0.2) is 18.2 Å². The van der Waals surface area contributed by atoms with Gasteiger partial charge in [-0.05, 0) is 31.9 Å². The van der Waals surface area contributed by atoms with Crippen molar-refractivity contribution >= 4 is 24.1 Å². The Morgan fingerprint density at radius 2 is 2.24 bits per heavy atom. The smallest absolute Gasteiger partial charge is 0.307 e. The van der Waals surface area contributed by atoms with E-state index >= 15 is 0 Å². The van der Waals surface area contributed by atoms with E-state index in [0.717, 1.165) is 18.5 Å². The van der Waals surface area contributed by atoms with Gasteiger partial charge in [-0.1, -0.05) is 12.1 Å². The third kappa shape index (κ3) is 4.15. The molecule has 1 heterocycles. The van der Waals surface area contributed by atoms with E-state index in [0.29, 0.717) is 25.1 Å². The van der Waals surface area contributed by atoms with Crippen molar-refractivity contribution in [2.24, 2.45) is 5.92 Å². The van der Waals surface area contributed by atoms with Crippen molar-refractivity contribution < 1.29 is 14.8 Å². The second-order valence-electron chi connectivity index (χ2n) is 5.23. The molecule has 0 saturated carbocycles. The average molecular weight is 315 g/mol. The number of piperidine rings is 1. The van der Waals surface area contributed by atoms with Crippen molar-refractivity contribution in [2.75, 3.05) is 13.1 Å². The van der Waals surface area contributed by atoms with Gasteiger partial charge >= 0.3 is 5.97 Å². The van der Waals surface area contributed by atoms with Gasteiger partial charge in [-0.2, -0.15) is 0 Å². The molecule has 2 rings (SSSR count). The molecule has 116 valence electrons. The second-order valence-corrected chi connectivity index (χ2v) is 5.23. The van der Waals surface area contributed by atoms with Gasteiger partial charge in [0.05, 0.1) is 10.8 Å². The standard InChI is InChI=1S/C14H18N2O4.ClH/c1-10-11(4-2-6-13(10)16(19)20)8-15-7-3-5-12(9-15)14(17)18;/h2,4,6,12H,3,5,7-9H2,1H3,(H,17,18);1H. The summed E-state index contributed by atoms with van der Waals surface area (Å²) in [5.41, 5.74) is 1.68. The summed E-state index contributed by atoms with van der Waals surface area (Å²) in [5.74, 6) is -1.09. The summed E-state index contributed by atoms with van der Waals surface area (Å²) in [6, 6.07) is 5.04. The normalized spacial score (nSPS) is 18.8. The molecule has 0 spiro atoms. The van der Waals surface area contributed by atoms with Crippen LogP contribution in [0.1, 0.15) is 24.0 Å². The fraction of sp³-hybridized carbons (Fsp3) is 0.500. The molecule has 0 radical (unpaired) electrons. The maximum Gasteiger partial charge on any atom is 0.307 e. The molecule has 1 aliphatic heterocycles. The second kappa shape index (κ2) is 7.38. The summed E-state index contributed by atoms with van der Waals surface area (Å²) in [5, 5.41) is 20.0. The number of hydrogen-bond acceptors (Lipinski definition) is 4. The van der Waals surface area contributed by atoms with Crippen molar-refractivity contribution in [3.05, 3.63) is 39.4 Å². The molecule has 0 amide bonds. The van der Waals surface area contributed by atoms with Crippen molar-refractivity contribution in [1.82, 2.24) is 4.90 Å². The lowest BCUT2D eigenvalue weighted by Gasteiger charge is -2.30. The van der Waals surface area contributed by atoms with E-state index < -0.39 is 5.97 Å². The van der Waals surface area contributed by atoms with E-state index in [1.807, 2.05) is 6.07 Å². The number of hydrogen-bond donors (Lipinski definition) is 1. The number of rotatable bonds is 4. The molecule has 0 aliphatic carbocycles. The molecular weight excluding hydrogens is 296 g/mol. The van der Waals surface area contributed by atoms with Gasteiger partial charge in [-0.25, -0.2) is 0 Å². The van der Waals surface area contributed by atoms with Gasteiger partial charge in [0.25, 0.3) is 5.69 Å². The molecule has 1 aliphatic rings. The number of carbonyl (C=O) groups is 1. The zero-order chi connectivity index (χ0) is 14.7. The first-order valence-electron chi connectivity index (χ1n) is 6.67. The molecule has 1 saturated heterocycles. The minimum absolute atomic E-state index is 0. The topological polar surface area (TPSA) is 83.7 Å². The van der Waals surface area contributed by atoms with E-state index in [-0.39, 0.29) is 28.9 Å². The number of benzene rings is 1. The first-order chi connectivity index (χ1) is 9.49. The molecule has 1 aromatic rings. The molecule has 1 aromatic carbocycles. The lowest BCUT2D eigenvalue weighted by molar-refractivity contribution is -0.385. The fourth-order valence-electron chi connectivity index (χ4n) is 2.68. The first kappa shape index (κ1) is 17.4. The van der Waals surface area contributed by atoms with Gasteiger partial charge in [-0.3, -0.25) is 19.8 Å². The van der Waals surface area contributed by atoms with Crippen LogP contribution >= 0.6 is 12.4 Å². The van der Waals surface area contributed by atoms with Crippen LogP contribution in [-0.4, -0.2) is 34.0 Å². The number of carboxylic acid groups (broad SMARTS) is 1. The Morgan fingerprint density at radius 1 is 1.52 bits per heavy atom. The van der Waals surface area contributed by atoms with Gasteiger partial charge in [0.2, 0.25) is 0 Å². The summed E-state index contributed by atoms with van der Waals surface area (Å²) in [6.07, 6.45) is 1.56. The number of aliphatic carboxylic acids is 1. The fourth-order valence-corrected chi connectivity index (χ4v) is 2.68. The molecule has 1 N–H and O–H groups in total. The van der Waals surface area contributed by atoms with Gasteiger partial charge < -0.3 is 5.11 Å². The van der Waals surface area contributed by atoms with Crippen LogP contribution in [-0.2, 0) is 11.3 Å². The van der Waals surface area contributed by atoms with Crippen LogP contribution in [0.3, 0.4) is 0 Å². The minimum Gasteiger partial charge on any atom is -0.481 e. The van der Waals surface area contributed by atoms with E-state index in [4.69, 9.17) is 5.11 Å². The number of nitro benzene ring substituents is 1. The molecule has 21 heavy (non-hydrogen) atoms. The zero-order valence-corrected chi connectivity index (χ0v) is 12.6. The first-order valence-corrected chi connectivity index (χ1v) is 6.67. The third-order valence-corrected chi connectivity index (χ3v) is 3.86. The molecule has 1 fully saturated rings. The summed E-state index contributed by atoms with van der Waals surface area (Å²) < 4.78 is 0. The number of halogens is 1. The van der Waals surface area contributed by atoms with Crippen LogP contribution in [0, 0.1) is 23.0 Å².